The lowest BCUT2D eigenvalue weighted by atomic mass is 10.1. The third-order valence-corrected chi connectivity index (χ3v) is 4.89. The fourth-order valence-corrected chi connectivity index (χ4v) is 3.18. The normalized spacial score (nSPS) is 11.2. The number of hydrogen-bond donors (Lipinski definition) is 1. The van der Waals surface area contributed by atoms with Gasteiger partial charge in [0.2, 0.25) is 15.9 Å². The molecule has 0 aliphatic rings. The minimum atomic E-state index is -3.63. The van der Waals surface area contributed by atoms with Gasteiger partial charge in [0.25, 0.3) is 0 Å². The van der Waals surface area contributed by atoms with Crippen molar-refractivity contribution in [1.29, 1.82) is 0 Å². The van der Waals surface area contributed by atoms with Crippen LogP contribution >= 0.6 is 0 Å². The molecule has 1 amide bonds. The number of sulfonamides is 1. The smallest absolute Gasteiger partial charge is 0.241 e. The Morgan fingerprint density at radius 3 is 2.32 bits per heavy atom. The summed E-state index contributed by atoms with van der Waals surface area (Å²) in [7, 11) is -3.63. The summed E-state index contributed by atoms with van der Waals surface area (Å²) in [5, 5.41) is 2.55. The minimum Gasteiger partial charge on any atom is -0.350 e. The van der Waals surface area contributed by atoms with Gasteiger partial charge in [0.15, 0.2) is 0 Å². The van der Waals surface area contributed by atoms with Gasteiger partial charge < -0.3 is 5.32 Å². The Labute approximate surface area is 147 Å². The van der Waals surface area contributed by atoms with Crippen LogP contribution in [0.2, 0.25) is 0 Å². The van der Waals surface area contributed by atoms with Crippen molar-refractivity contribution in [2.45, 2.75) is 19.9 Å². The van der Waals surface area contributed by atoms with Crippen LogP contribution in [0.3, 0.4) is 0 Å². The van der Waals surface area contributed by atoms with Gasteiger partial charge in [0.05, 0.1) is 11.9 Å². The summed E-state index contributed by atoms with van der Waals surface area (Å²) in [4.78, 5) is 12.1. The second-order valence-corrected chi connectivity index (χ2v) is 7.56. The number of nitrogens with one attached hydrogen (secondary N) is 1. The van der Waals surface area contributed by atoms with Crippen LogP contribution in [0.25, 0.3) is 0 Å². The average molecular weight is 364 g/mol. The van der Waals surface area contributed by atoms with E-state index in [0.29, 0.717) is 11.3 Å². The van der Waals surface area contributed by atoms with Gasteiger partial charge in [-0.25, -0.2) is 12.8 Å². The van der Waals surface area contributed by atoms with Crippen molar-refractivity contribution in [3.63, 3.8) is 0 Å². The Bertz CT molecular complexity index is 836. The molecule has 0 unspecified atom stereocenters. The van der Waals surface area contributed by atoms with Crippen LogP contribution in [0, 0.1) is 5.82 Å². The highest BCUT2D eigenvalue weighted by Crippen LogP contribution is 2.18. The number of carbonyl (C=O) groups excluding carboxylic acids is 1. The number of anilines is 1. The molecule has 0 aliphatic heterocycles. The molecule has 0 saturated heterocycles. The van der Waals surface area contributed by atoms with E-state index in [1.54, 1.807) is 30.3 Å². The number of carbonyl (C=O) groups is 1. The summed E-state index contributed by atoms with van der Waals surface area (Å²) in [6.07, 6.45) is 1.88. The molecule has 25 heavy (non-hydrogen) atoms. The maximum atomic E-state index is 13.6. The molecular weight excluding hydrogens is 343 g/mol. The number of hydrogen-bond acceptors (Lipinski definition) is 3. The maximum Gasteiger partial charge on any atom is 0.241 e. The van der Waals surface area contributed by atoms with Crippen LogP contribution in [0.1, 0.15) is 18.1 Å². The third-order valence-electron chi connectivity index (χ3n) is 3.75. The zero-order chi connectivity index (χ0) is 18.4. The molecule has 0 spiro atoms. The summed E-state index contributed by atoms with van der Waals surface area (Å²) in [6.45, 7) is 1.64. The second-order valence-electron chi connectivity index (χ2n) is 5.66. The molecular formula is C18H21FN2O3S. The molecule has 0 heterocycles. The molecule has 0 fully saturated rings. The highest BCUT2D eigenvalue weighted by Gasteiger charge is 2.20. The van der Waals surface area contributed by atoms with E-state index in [0.717, 1.165) is 22.5 Å². The molecule has 0 saturated carbocycles. The molecule has 2 aromatic rings. The Kier molecular flexibility index (Phi) is 6.14. The minimum absolute atomic E-state index is 0.00210. The number of halogens is 1. The van der Waals surface area contributed by atoms with Gasteiger partial charge >= 0.3 is 0 Å². The zero-order valence-corrected chi connectivity index (χ0v) is 15.0. The van der Waals surface area contributed by atoms with Gasteiger partial charge in [-0.2, -0.15) is 0 Å². The van der Waals surface area contributed by atoms with Crippen molar-refractivity contribution >= 4 is 21.6 Å². The molecule has 1 N–H and O–H groups in total. The number of amides is 1. The van der Waals surface area contributed by atoms with E-state index in [4.69, 9.17) is 0 Å². The quantitative estimate of drug-likeness (QED) is 0.821. The fourth-order valence-electron chi connectivity index (χ4n) is 2.32. The molecule has 134 valence electrons. The molecule has 0 atom stereocenters. The first-order chi connectivity index (χ1) is 11.8. The molecule has 0 bridgehead atoms. The first-order valence-corrected chi connectivity index (χ1v) is 9.73. The lowest BCUT2D eigenvalue weighted by Crippen LogP contribution is -2.40. The Hall–Kier alpha value is -2.41. The summed E-state index contributed by atoms with van der Waals surface area (Å²) in [6, 6.07) is 13.1. The highest BCUT2D eigenvalue weighted by atomic mass is 32.2. The van der Waals surface area contributed by atoms with E-state index in [9.17, 15) is 17.6 Å². The molecule has 5 nitrogen and oxygen atoms in total. The maximum absolute atomic E-state index is 13.6. The van der Waals surface area contributed by atoms with Crippen molar-refractivity contribution in [3.8, 4) is 0 Å². The molecule has 0 radical (unpaired) electrons. The van der Waals surface area contributed by atoms with Crippen molar-refractivity contribution in [2.75, 3.05) is 17.1 Å². The van der Waals surface area contributed by atoms with Gasteiger partial charge in [0, 0.05) is 12.1 Å². The van der Waals surface area contributed by atoms with Gasteiger partial charge in [0.1, 0.15) is 12.4 Å². The SMILES string of the molecule is CCc1ccc(N(CC(=O)NCc2ccccc2F)S(C)(=O)=O)cc1. The van der Waals surface area contributed by atoms with Crippen molar-refractivity contribution in [2.24, 2.45) is 0 Å². The number of aryl methyl sites for hydroxylation is 1. The molecule has 0 aliphatic carbocycles. The van der Waals surface area contributed by atoms with E-state index in [1.807, 2.05) is 19.1 Å². The van der Waals surface area contributed by atoms with Crippen LogP contribution in [0.15, 0.2) is 48.5 Å². The predicted molar refractivity (Wildman–Crippen MR) is 96.3 cm³/mol. The van der Waals surface area contributed by atoms with E-state index >= 15 is 0 Å². The number of benzene rings is 2. The third kappa shape index (κ3) is 5.29. The second kappa shape index (κ2) is 8.11. The largest absolute Gasteiger partial charge is 0.350 e. The van der Waals surface area contributed by atoms with Gasteiger partial charge in [-0.1, -0.05) is 37.3 Å². The van der Waals surface area contributed by atoms with Crippen LogP contribution in [0.5, 0.6) is 0 Å². The van der Waals surface area contributed by atoms with Crippen molar-refractivity contribution in [1.82, 2.24) is 5.32 Å². The predicted octanol–water partition coefficient (Wildman–Crippen LogP) is 2.47. The van der Waals surface area contributed by atoms with E-state index in [1.165, 1.54) is 6.07 Å². The summed E-state index contributed by atoms with van der Waals surface area (Å²) in [5.74, 6) is -0.925. The Balaban J connectivity index is 2.09. The van der Waals surface area contributed by atoms with Gasteiger partial charge in [-0.15, -0.1) is 0 Å². The van der Waals surface area contributed by atoms with Crippen LogP contribution < -0.4 is 9.62 Å². The fraction of sp³-hybridized carbons (Fsp3) is 0.278. The molecule has 2 rings (SSSR count). The Morgan fingerprint density at radius 2 is 1.76 bits per heavy atom. The zero-order valence-electron chi connectivity index (χ0n) is 14.2. The first-order valence-electron chi connectivity index (χ1n) is 7.88. The first kappa shape index (κ1) is 18.9. The summed E-state index contributed by atoms with van der Waals surface area (Å²) >= 11 is 0. The molecule has 7 heteroatoms. The molecule has 0 aromatic heterocycles. The standard InChI is InChI=1S/C18H21FN2O3S/c1-3-14-8-10-16(11-9-14)21(25(2,23)24)13-18(22)20-12-15-6-4-5-7-17(15)19/h4-11H,3,12-13H2,1-2H3,(H,20,22). The number of rotatable bonds is 7. The lowest BCUT2D eigenvalue weighted by Gasteiger charge is -2.22. The van der Waals surface area contributed by atoms with Gasteiger partial charge in [-0.05, 0) is 30.2 Å². The van der Waals surface area contributed by atoms with Gasteiger partial charge in [-0.3, -0.25) is 9.10 Å². The van der Waals surface area contributed by atoms with Crippen molar-refractivity contribution in [3.05, 3.63) is 65.5 Å². The summed E-state index contributed by atoms with van der Waals surface area (Å²) < 4.78 is 38.7. The summed E-state index contributed by atoms with van der Waals surface area (Å²) in [5.41, 5.74) is 1.83. The van der Waals surface area contributed by atoms with Crippen molar-refractivity contribution < 1.29 is 17.6 Å². The Morgan fingerprint density at radius 1 is 1.12 bits per heavy atom. The van der Waals surface area contributed by atoms with E-state index in [-0.39, 0.29) is 13.1 Å². The van der Waals surface area contributed by atoms with Crippen LogP contribution in [-0.4, -0.2) is 27.1 Å². The topological polar surface area (TPSA) is 66.5 Å². The van der Waals surface area contributed by atoms with E-state index < -0.39 is 21.7 Å². The average Bonchev–Trinajstić information content (AvgIpc) is 2.58. The van der Waals surface area contributed by atoms with Crippen LogP contribution in [0.4, 0.5) is 10.1 Å². The number of nitrogens with zero attached hydrogens (tertiary/aromatic N) is 1. The van der Waals surface area contributed by atoms with E-state index in [2.05, 4.69) is 5.32 Å². The lowest BCUT2D eigenvalue weighted by molar-refractivity contribution is -0.119. The highest BCUT2D eigenvalue weighted by molar-refractivity contribution is 7.92. The monoisotopic (exact) mass is 364 g/mol. The molecule has 2 aromatic carbocycles. The van der Waals surface area contributed by atoms with Crippen LogP contribution in [-0.2, 0) is 27.8 Å².